The van der Waals surface area contributed by atoms with Crippen molar-refractivity contribution in [2.75, 3.05) is 6.54 Å². The van der Waals surface area contributed by atoms with Gasteiger partial charge < -0.3 is 16.3 Å². The van der Waals surface area contributed by atoms with Gasteiger partial charge in [0.05, 0.1) is 0 Å². The molecule has 0 aliphatic heterocycles. The van der Waals surface area contributed by atoms with Crippen LogP contribution in [0.3, 0.4) is 0 Å². The fourth-order valence-electron chi connectivity index (χ4n) is 2.47. The van der Waals surface area contributed by atoms with Gasteiger partial charge >= 0.3 is 0 Å². The van der Waals surface area contributed by atoms with Gasteiger partial charge in [0.1, 0.15) is 5.41 Å². The number of carbonyl (C=O) groups is 1. The van der Waals surface area contributed by atoms with Gasteiger partial charge in [0.25, 0.3) is 0 Å². The van der Waals surface area contributed by atoms with Gasteiger partial charge in [-0.15, -0.1) is 0 Å². The molecule has 5 heteroatoms. The first-order valence-corrected chi connectivity index (χ1v) is 7.14. The third-order valence-corrected chi connectivity index (χ3v) is 4.29. The van der Waals surface area contributed by atoms with Gasteiger partial charge in [-0.1, -0.05) is 37.8 Å². The summed E-state index contributed by atoms with van der Waals surface area (Å²) in [5, 5.41) is 14.5. The second-order valence-corrected chi connectivity index (χ2v) is 6.28. The van der Waals surface area contributed by atoms with Crippen molar-refractivity contribution < 1.29 is 10.0 Å². The molecular weight excluding hydrogens is 242 g/mol. The fourth-order valence-corrected chi connectivity index (χ4v) is 2.47. The Morgan fingerprint density at radius 3 is 2.47 bits per heavy atom. The zero-order valence-corrected chi connectivity index (χ0v) is 12.3. The number of oxime groups is 1. The minimum Gasteiger partial charge on any atom is -0.409 e. The molecule has 1 fully saturated rings. The first-order valence-electron chi connectivity index (χ1n) is 7.14. The normalized spacial score (nSPS) is 25.1. The second-order valence-electron chi connectivity index (χ2n) is 6.28. The van der Waals surface area contributed by atoms with E-state index >= 15 is 0 Å². The number of nitrogens with two attached hydrogens (primary N) is 1. The Labute approximate surface area is 115 Å². The van der Waals surface area contributed by atoms with Crippen molar-refractivity contribution in [2.24, 2.45) is 28.1 Å². The molecule has 110 valence electrons. The van der Waals surface area contributed by atoms with E-state index in [0.29, 0.717) is 6.54 Å². The van der Waals surface area contributed by atoms with Crippen LogP contribution in [-0.4, -0.2) is 23.5 Å². The maximum atomic E-state index is 12.0. The van der Waals surface area contributed by atoms with E-state index in [4.69, 9.17) is 10.9 Å². The third-order valence-electron chi connectivity index (χ3n) is 4.29. The molecule has 1 rings (SSSR count). The third kappa shape index (κ3) is 4.40. The minimum atomic E-state index is -0.962. The van der Waals surface area contributed by atoms with Crippen molar-refractivity contribution in [3.63, 3.8) is 0 Å². The largest absolute Gasteiger partial charge is 0.409 e. The standard InChI is InChI=1S/C14H27N3O2/c1-10-4-6-11(7-5-10)8-9-16-13(18)14(2,3)12(15)17-19/h10-11,19H,4-9H2,1-3H3,(H2,15,17)(H,16,18). The zero-order valence-electron chi connectivity index (χ0n) is 12.3. The molecule has 1 aliphatic carbocycles. The quantitative estimate of drug-likeness (QED) is 0.309. The summed E-state index contributed by atoms with van der Waals surface area (Å²) in [5.41, 5.74) is 4.56. The number of hydrogen-bond acceptors (Lipinski definition) is 3. The average Bonchev–Trinajstić information content (AvgIpc) is 2.39. The number of hydrogen-bond donors (Lipinski definition) is 3. The van der Waals surface area contributed by atoms with Gasteiger partial charge in [-0.2, -0.15) is 0 Å². The van der Waals surface area contributed by atoms with Gasteiger partial charge in [0, 0.05) is 6.54 Å². The lowest BCUT2D eigenvalue weighted by Crippen LogP contribution is -2.46. The van der Waals surface area contributed by atoms with Crippen LogP contribution in [0.4, 0.5) is 0 Å². The molecule has 0 heterocycles. The maximum Gasteiger partial charge on any atom is 0.233 e. The molecule has 1 saturated carbocycles. The molecule has 0 spiro atoms. The SMILES string of the molecule is CC1CCC(CCNC(=O)C(C)(C)C(N)=NO)CC1. The predicted octanol–water partition coefficient (Wildman–Crippen LogP) is 2.09. The number of nitrogens with zero attached hydrogens (tertiary/aromatic N) is 1. The van der Waals surface area contributed by atoms with Crippen molar-refractivity contribution in [3.8, 4) is 0 Å². The molecule has 0 aromatic heterocycles. The first kappa shape index (κ1) is 15.8. The van der Waals surface area contributed by atoms with E-state index in [0.717, 1.165) is 18.3 Å². The summed E-state index contributed by atoms with van der Waals surface area (Å²) >= 11 is 0. The lowest BCUT2D eigenvalue weighted by atomic mass is 9.81. The highest BCUT2D eigenvalue weighted by atomic mass is 16.4. The summed E-state index contributed by atoms with van der Waals surface area (Å²) < 4.78 is 0. The Morgan fingerprint density at radius 2 is 1.95 bits per heavy atom. The van der Waals surface area contributed by atoms with Crippen LogP contribution in [0, 0.1) is 17.3 Å². The number of nitrogens with one attached hydrogen (secondary N) is 1. The Bertz CT molecular complexity index is 332. The molecule has 4 N–H and O–H groups in total. The molecule has 19 heavy (non-hydrogen) atoms. The average molecular weight is 269 g/mol. The van der Waals surface area contributed by atoms with Crippen LogP contribution >= 0.6 is 0 Å². The molecule has 0 aromatic rings. The molecule has 0 radical (unpaired) electrons. The van der Waals surface area contributed by atoms with E-state index in [1.807, 2.05) is 0 Å². The van der Waals surface area contributed by atoms with Crippen LogP contribution in [0.15, 0.2) is 5.16 Å². The summed E-state index contributed by atoms with van der Waals surface area (Å²) in [5.74, 6) is 1.33. The summed E-state index contributed by atoms with van der Waals surface area (Å²) in [4.78, 5) is 12.0. The van der Waals surface area contributed by atoms with Crippen LogP contribution in [-0.2, 0) is 4.79 Å². The molecule has 0 aromatic carbocycles. The van der Waals surface area contributed by atoms with Crippen molar-refractivity contribution in [1.82, 2.24) is 5.32 Å². The minimum absolute atomic E-state index is 0.0588. The Hall–Kier alpha value is -1.26. The molecule has 1 aliphatic rings. The van der Waals surface area contributed by atoms with E-state index in [1.165, 1.54) is 25.7 Å². The second kappa shape index (κ2) is 6.78. The van der Waals surface area contributed by atoms with Gasteiger partial charge in [0.2, 0.25) is 5.91 Å². The first-order chi connectivity index (χ1) is 8.87. The summed E-state index contributed by atoms with van der Waals surface area (Å²) in [7, 11) is 0. The van der Waals surface area contributed by atoms with Crippen LogP contribution in [0.1, 0.15) is 52.9 Å². The summed E-state index contributed by atoms with van der Waals surface area (Å²) in [6.07, 6.45) is 6.15. The van der Waals surface area contributed by atoms with Gasteiger partial charge in [-0.05, 0) is 32.1 Å². The van der Waals surface area contributed by atoms with E-state index in [9.17, 15) is 4.79 Å². The van der Waals surface area contributed by atoms with Crippen LogP contribution < -0.4 is 11.1 Å². The predicted molar refractivity (Wildman–Crippen MR) is 75.9 cm³/mol. The Morgan fingerprint density at radius 1 is 1.37 bits per heavy atom. The lowest BCUT2D eigenvalue weighted by Gasteiger charge is -2.27. The molecule has 1 amide bonds. The molecule has 0 unspecified atom stereocenters. The lowest BCUT2D eigenvalue weighted by molar-refractivity contribution is -0.126. The molecule has 5 nitrogen and oxygen atoms in total. The van der Waals surface area contributed by atoms with Crippen LogP contribution in [0.25, 0.3) is 0 Å². The Balaban J connectivity index is 2.31. The smallest absolute Gasteiger partial charge is 0.233 e. The van der Waals surface area contributed by atoms with E-state index in [1.54, 1.807) is 13.8 Å². The monoisotopic (exact) mass is 269 g/mol. The van der Waals surface area contributed by atoms with Crippen LogP contribution in [0.5, 0.6) is 0 Å². The molecule has 0 bridgehead atoms. The van der Waals surface area contributed by atoms with Crippen molar-refractivity contribution in [2.45, 2.75) is 52.9 Å². The number of rotatable bonds is 5. The van der Waals surface area contributed by atoms with Crippen LogP contribution in [0.2, 0.25) is 0 Å². The van der Waals surface area contributed by atoms with Gasteiger partial charge in [0.15, 0.2) is 5.84 Å². The van der Waals surface area contributed by atoms with E-state index in [-0.39, 0.29) is 11.7 Å². The van der Waals surface area contributed by atoms with Gasteiger partial charge in [-0.25, -0.2) is 0 Å². The maximum absolute atomic E-state index is 12.0. The van der Waals surface area contributed by atoms with Gasteiger partial charge in [-0.3, -0.25) is 4.79 Å². The highest BCUT2D eigenvalue weighted by molar-refractivity contribution is 6.05. The highest BCUT2D eigenvalue weighted by Gasteiger charge is 2.32. The Kier molecular flexibility index (Phi) is 5.63. The number of carbonyl (C=O) groups excluding carboxylic acids is 1. The molecule has 0 atom stereocenters. The van der Waals surface area contributed by atoms with Crippen molar-refractivity contribution >= 4 is 11.7 Å². The zero-order chi connectivity index (χ0) is 14.5. The van der Waals surface area contributed by atoms with Crippen molar-refractivity contribution in [3.05, 3.63) is 0 Å². The number of amides is 1. The molecular formula is C14H27N3O2. The summed E-state index contributed by atoms with van der Waals surface area (Å²) in [6.45, 7) is 6.27. The van der Waals surface area contributed by atoms with Crippen molar-refractivity contribution in [1.29, 1.82) is 0 Å². The topological polar surface area (TPSA) is 87.7 Å². The highest BCUT2D eigenvalue weighted by Crippen LogP contribution is 2.30. The fraction of sp³-hybridized carbons (Fsp3) is 0.857. The summed E-state index contributed by atoms with van der Waals surface area (Å²) in [6, 6.07) is 0. The number of amidine groups is 1. The van der Waals surface area contributed by atoms with E-state index < -0.39 is 5.41 Å². The van der Waals surface area contributed by atoms with E-state index in [2.05, 4.69) is 17.4 Å². The molecule has 0 saturated heterocycles.